The minimum absolute atomic E-state index is 0. The molecule has 0 atom stereocenters. The second kappa shape index (κ2) is 11.7. The number of carbonyl (C=O) groups excluding carboxylic acids is 1. The van der Waals surface area contributed by atoms with Crippen LogP contribution >= 0.6 is 24.0 Å². The van der Waals surface area contributed by atoms with Gasteiger partial charge in [-0.15, -0.1) is 24.0 Å². The first-order valence-corrected chi connectivity index (χ1v) is 10.7. The number of ether oxygens (including phenoxy) is 1. The zero-order valence-electron chi connectivity index (χ0n) is 18.0. The van der Waals surface area contributed by atoms with E-state index < -0.39 is 0 Å². The highest BCUT2D eigenvalue weighted by Gasteiger charge is 2.36. The predicted molar refractivity (Wildman–Crippen MR) is 128 cm³/mol. The van der Waals surface area contributed by atoms with Crippen molar-refractivity contribution in [2.24, 2.45) is 4.99 Å². The van der Waals surface area contributed by atoms with Gasteiger partial charge in [0, 0.05) is 38.1 Å². The van der Waals surface area contributed by atoms with Crippen LogP contribution in [0.25, 0.3) is 0 Å². The number of hydrogen-bond acceptors (Lipinski definition) is 3. The summed E-state index contributed by atoms with van der Waals surface area (Å²) in [6.07, 6.45) is 6.08. The molecule has 1 aromatic rings. The van der Waals surface area contributed by atoms with Gasteiger partial charge in [0.1, 0.15) is 5.82 Å². The van der Waals surface area contributed by atoms with Gasteiger partial charge in [0.25, 0.3) is 0 Å². The molecule has 3 rings (SSSR count). The highest BCUT2D eigenvalue weighted by Crippen LogP contribution is 2.40. The molecule has 30 heavy (non-hydrogen) atoms. The van der Waals surface area contributed by atoms with Gasteiger partial charge in [-0.1, -0.05) is 25.0 Å². The van der Waals surface area contributed by atoms with Gasteiger partial charge in [-0.3, -0.25) is 4.99 Å². The minimum atomic E-state index is -0.226. The first kappa shape index (κ1) is 24.7. The van der Waals surface area contributed by atoms with E-state index in [1.807, 2.05) is 19.1 Å². The second-order valence-corrected chi connectivity index (χ2v) is 8.02. The summed E-state index contributed by atoms with van der Waals surface area (Å²) in [5.41, 5.74) is 1.22. The van der Waals surface area contributed by atoms with Crippen molar-refractivity contribution >= 4 is 36.0 Å². The molecular weight excluding hydrogens is 498 g/mol. The lowest BCUT2D eigenvalue weighted by molar-refractivity contribution is 0.0963. The van der Waals surface area contributed by atoms with Crippen LogP contribution in [0.4, 0.5) is 9.18 Å². The average Bonchev–Trinajstić information content (AvgIpc) is 3.22. The molecule has 168 valence electrons. The van der Waals surface area contributed by atoms with E-state index in [9.17, 15) is 9.18 Å². The lowest BCUT2D eigenvalue weighted by atomic mass is 9.79. The van der Waals surface area contributed by atoms with E-state index in [4.69, 9.17) is 4.74 Å². The smallest absolute Gasteiger partial charge is 0.409 e. The lowest BCUT2D eigenvalue weighted by Crippen LogP contribution is -2.51. The van der Waals surface area contributed by atoms with Gasteiger partial charge in [-0.25, -0.2) is 9.18 Å². The first-order chi connectivity index (χ1) is 14.1. The van der Waals surface area contributed by atoms with Gasteiger partial charge in [0.15, 0.2) is 5.96 Å². The van der Waals surface area contributed by atoms with E-state index in [0.717, 1.165) is 38.2 Å². The number of hydrogen-bond donors (Lipinski definition) is 2. The van der Waals surface area contributed by atoms with E-state index in [1.54, 1.807) is 24.1 Å². The maximum Gasteiger partial charge on any atom is 0.409 e. The Kier molecular flexibility index (Phi) is 9.64. The van der Waals surface area contributed by atoms with Crippen LogP contribution < -0.4 is 10.6 Å². The van der Waals surface area contributed by atoms with E-state index in [-0.39, 0.29) is 47.3 Å². The highest BCUT2D eigenvalue weighted by atomic mass is 127. The van der Waals surface area contributed by atoms with Crippen LogP contribution in [0.1, 0.15) is 51.0 Å². The molecule has 2 N–H and O–H groups in total. The van der Waals surface area contributed by atoms with Crippen LogP contribution in [0.3, 0.4) is 0 Å². The summed E-state index contributed by atoms with van der Waals surface area (Å²) in [6, 6.07) is 7.23. The van der Waals surface area contributed by atoms with Crippen molar-refractivity contribution in [3.63, 3.8) is 0 Å². The molecule has 0 spiro atoms. The Balaban J connectivity index is 0.00000320. The Labute approximate surface area is 196 Å². The zero-order valence-corrected chi connectivity index (χ0v) is 20.3. The largest absolute Gasteiger partial charge is 0.450 e. The van der Waals surface area contributed by atoms with Crippen LogP contribution in [0.2, 0.25) is 0 Å². The third-order valence-electron chi connectivity index (χ3n) is 6.20. The van der Waals surface area contributed by atoms with E-state index in [1.165, 1.54) is 18.4 Å². The topological polar surface area (TPSA) is 66.0 Å². The van der Waals surface area contributed by atoms with Crippen molar-refractivity contribution in [1.82, 2.24) is 15.5 Å². The van der Waals surface area contributed by atoms with Gasteiger partial charge in [-0.05, 0) is 50.3 Å². The fourth-order valence-electron chi connectivity index (χ4n) is 4.48. The Morgan fingerprint density at radius 2 is 1.87 bits per heavy atom. The quantitative estimate of drug-likeness (QED) is 0.342. The molecule has 1 aliphatic carbocycles. The Morgan fingerprint density at radius 1 is 1.23 bits per heavy atom. The van der Waals surface area contributed by atoms with Crippen molar-refractivity contribution < 1.29 is 13.9 Å². The fourth-order valence-corrected chi connectivity index (χ4v) is 4.48. The number of nitrogens with one attached hydrogen (secondary N) is 2. The summed E-state index contributed by atoms with van der Waals surface area (Å²) in [5.74, 6) is 0.592. The maximum absolute atomic E-state index is 13.4. The number of aliphatic imine (C=N–C) groups is 1. The Hall–Kier alpha value is -1.58. The standard InChI is InChI=1S/C22H33FN4O2.HI/c1-3-29-21(28)27-14-10-19(11-15-27)26-20(24-2)25-16-22(12-4-5-13-22)17-6-8-18(23)9-7-17;/h6-9,19H,3-5,10-16H2,1-2H3,(H2,24,25,26);1H. The lowest BCUT2D eigenvalue weighted by Gasteiger charge is -2.34. The Morgan fingerprint density at radius 3 is 2.43 bits per heavy atom. The van der Waals surface area contributed by atoms with Gasteiger partial charge in [-0.2, -0.15) is 0 Å². The van der Waals surface area contributed by atoms with Gasteiger partial charge >= 0.3 is 6.09 Å². The molecule has 2 fully saturated rings. The Bertz CT molecular complexity index is 700. The van der Waals surface area contributed by atoms with Crippen LogP contribution in [0, 0.1) is 5.82 Å². The highest BCUT2D eigenvalue weighted by molar-refractivity contribution is 14.0. The molecule has 1 saturated carbocycles. The number of piperidine rings is 1. The third kappa shape index (κ3) is 6.21. The minimum Gasteiger partial charge on any atom is -0.450 e. The monoisotopic (exact) mass is 532 g/mol. The second-order valence-electron chi connectivity index (χ2n) is 8.02. The summed E-state index contributed by atoms with van der Waals surface area (Å²) < 4.78 is 18.5. The molecule has 8 heteroatoms. The van der Waals surface area contributed by atoms with E-state index in [2.05, 4.69) is 15.6 Å². The molecule has 1 amide bonds. The summed E-state index contributed by atoms with van der Waals surface area (Å²) in [6.45, 7) is 4.38. The number of halogens is 2. The number of benzene rings is 1. The SMILES string of the molecule is CCOC(=O)N1CCC(NC(=NC)NCC2(c3ccc(F)cc3)CCCC2)CC1.I. The molecule has 0 aromatic heterocycles. The summed E-state index contributed by atoms with van der Waals surface area (Å²) in [7, 11) is 1.78. The first-order valence-electron chi connectivity index (χ1n) is 10.7. The van der Waals surface area contributed by atoms with Crippen molar-refractivity contribution in [3.8, 4) is 0 Å². The third-order valence-corrected chi connectivity index (χ3v) is 6.20. The number of rotatable bonds is 5. The average molecular weight is 532 g/mol. The van der Waals surface area contributed by atoms with Crippen molar-refractivity contribution in [3.05, 3.63) is 35.6 Å². The molecule has 0 bridgehead atoms. The molecule has 2 aliphatic rings. The molecule has 1 saturated heterocycles. The number of likely N-dealkylation sites (tertiary alicyclic amines) is 1. The van der Waals surface area contributed by atoms with Gasteiger partial charge in [0.05, 0.1) is 6.61 Å². The van der Waals surface area contributed by atoms with Crippen LogP contribution in [0.5, 0.6) is 0 Å². The van der Waals surface area contributed by atoms with E-state index in [0.29, 0.717) is 19.7 Å². The predicted octanol–water partition coefficient (Wildman–Crippen LogP) is 4.04. The number of amides is 1. The van der Waals surface area contributed by atoms with Crippen molar-refractivity contribution in [2.45, 2.75) is 56.9 Å². The summed E-state index contributed by atoms with van der Waals surface area (Å²) in [4.78, 5) is 18.0. The van der Waals surface area contributed by atoms with Crippen LogP contribution in [-0.2, 0) is 10.2 Å². The molecule has 1 aromatic carbocycles. The maximum atomic E-state index is 13.4. The zero-order chi connectivity index (χ0) is 20.7. The summed E-state index contributed by atoms with van der Waals surface area (Å²) in [5, 5.41) is 7.01. The van der Waals surface area contributed by atoms with Crippen molar-refractivity contribution in [2.75, 3.05) is 33.3 Å². The normalized spacial score (nSPS) is 19.2. The summed E-state index contributed by atoms with van der Waals surface area (Å²) >= 11 is 0. The number of carbonyl (C=O) groups is 1. The fraction of sp³-hybridized carbons (Fsp3) is 0.636. The number of nitrogens with zero attached hydrogens (tertiary/aromatic N) is 2. The van der Waals surface area contributed by atoms with Crippen LogP contribution in [0.15, 0.2) is 29.3 Å². The van der Waals surface area contributed by atoms with E-state index >= 15 is 0 Å². The van der Waals surface area contributed by atoms with Crippen LogP contribution in [-0.4, -0.2) is 56.3 Å². The van der Waals surface area contributed by atoms with Crippen molar-refractivity contribution in [1.29, 1.82) is 0 Å². The molecule has 1 heterocycles. The molecular formula is C22H34FIN4O2. The molecule has 0 unspecified atom stereocenters. The van der Waals surface area contributed by atoms with Gasteiger partial charge in [0.2, 0.25) is 0 Å². The molecule has 0 radical (unpaired) electrons. The molecule has 1 aliphatic heterocycles. The molecule has 6 nitrogen and oxygen atoms in total. The van der Waals surface area contributed by atoms with Gasteiger partial charge < -0.3 is 20.3 Å². The number of guanidine groups is 1.